The van der Waals surface area contributed by atoms with Crippen molar-refractivity contribution in [2.45, 2.75) is 13.8 Å². The van der Waals surface area contributed by atoms with Crippen molar-refractivity contribution in [2.24, 2.45) is 0 Å². The highest BCUT2D eigenvalue weighted by Crippen LogP contribution is 2.29. The Morgan fingerprint density at radius 1 is 0.923 bits per heavy atom. The summed E-state index contributed by atoms with van der Waals surface area (Å²) in [5, 5.41) is 22.3. The minimum absolute atomic E-state index is 0.683. The van der Waals surface area contributed by atoms with Crippen LogP contribution in [-0.2, 0) is 0 Å². The van der Waals surface area contributed by atoms with E-state index in [9.17, 15) is 0 Å². The Hall–Kier alpha value is -2.77. The van der Waals surface area contributed by atoms with Crippen molar-refractivity contribution in [3.63, 3.8) is 0 Å². The van der Waals surface area contributed by atoms with Gasteiger partial charge in [0.2, 0.25) is 5.13 Å². The van der Waals surface area contributed by atoms with Gasteiger partial charge in [0.1, 0.15) is 5.69 Å². The number of benzene rings is 2. The summed E-state index contributed by atoms with van der Waals surface area (Å²) in [7, 11) is 0. The summed E-state index contributed by atoms with van der Waals surface area (Å²) in [5.74, 6) is 0. The molecule has 0 spiro atoms. The standard InChI is InChI=1S/C18H15ClN6S/c1-11-3-7-14(8-4-11)20-18-23-22-17(26-18)16-12(2)25(24-21-16)15-9-5-13(19)6-10-15/h3-10H,1-2H3,(H,20,23). The Morgan fingerprint density at radius 2 is 1.65 bits per heavy atom. The molecule has 26 heavy (non-hydrogen) atoms. The molecule has 4 aromatic rings. The number of aryl methyl sites for hydroxylation is 1. The fraction of sp³-hybridized carbons (Fsp3) is 0.111. The van der Waals surface area contributed by atoms with Crippen LogP contribution < -0.4 is 5.32 Å². The zero-order chi connectivity index (χ0) is 18.1. The molecule has 0 unspecified atom stereocenters. The van der Waals surface area contributed by atoms with E-state index in [2.05, 4.69) is 32.7 Å². The van der Waals surface area contributed by atoms with Crippen LogP contribution in [-0.4, -0.2) is 25.2 Å². The fourth-order valence-electron chi connectivity index (χ4n) is 2.48. The van der Waals surface area contributed by atoms with Crippen LogP contribution in [0.15, 0.2) is 48.5 Å². The molecule has 6 nitrogen and oxygen atoms in total. The molecule has 0 aliphatic carbocycles. The van der Waals surface area contributed by atoms with Crippen molar-refractivity contribution in [3.8, 4) is 16.4 Å². The predicted octanol–water partition coefficient (Wildman–Crippen LogP) is 4.80. The van der Waals surface area contributed by atoms with Crippen molar-refractivity contribution in [3.05, 3.63) is 64.8 Å². The quantitative estimate of drug-likeness (QED) is 0.549. The van der Waals surface area contributed by atoms with E-state index in [0.717, 1.165) is 27.8 Å². The summed E-state index contributed by atoms with van der Waals surface area (Å²) in [6.45, 7) is 4.01. The van der Waals surface area contributed by atoms with Crippen molar-refractivity contribution < 1.29 is 0 Å². The molecule has 4 rings (SSSR count). The maximum Gasteiger partial charge on any atom is 0.210 e. The maximum absolute atomic E-state index is 5.95. The van der Waals surface area contributed by atoms with E-state index in [0.29, 0.717) is 10.2 Å². The zero-order valence-corrected chi connectivity index (χ0v) is 15.7. The van der Waals surface area contributed by atoms with Gasteiger partial charge in [0, 0.05) is 10.7 Å². The van der Waals surface area contributed by atoms with Crippen molar-refractivity contribution in [1.29, 1.82) is 0 Å². The molecule has 0 saturated heterocycles. The second-order valence-corrected chi connectivity index (χ2v) is 7.23. The molecule has 8 heteroatoms. The van der Waals surface area contributed by atoms with Gasteiger partial charge < -0.3 is 5.32 Å². The normalized spacial score (nSPS) is 10.9. The van der Waals surface area contributed by atoms with Crippen LogP contribution in [0.1, 0.15) is 11.3 Å². The lowest BCUT2D eigenvalue weighted by molar-refractivity contribution is 0.785. The van der Waals surface area contributed by atoms with Crippen molar-refractivity contribution >= 4 is 33.8 Å². The lowest BCUT2D eigenvalue weighted by Crippen LogP contribution is -1.98. The van der Waals surface area contributed by atoms with Crippen LogP contribution in [0.2, 0.25) is 5.02 Å². The van der Waals surface area contributed by atoms with E-state index in [-0.39, 0.29) is 0 Å². The average Bonchev–Trinajstić information content (AvgIpc) is 3.24. The topological polar surface area (TPSA) is 68.5 Å². The first-order valence-electron chi connectivity index (χ1n) is 7.96. The van der Waals surface area contributed by atoms with Gasteiger partial charge in [0.25, 0.3) is 0 Å². The highest BCUT2D eigenvalue weighted by Gasteiger charge is 2.16. The fourth-order valence-corrected chi connectivity index (χ4v) is 3.41. The van der Waals surface area contributed by atoms with Crippen molar-refractivity contribution in [2.75, 3.05) is 5.32 Å². The van der Waals surface area contributed by atoms with Crippen LogP contribution >= 0.6 is 22.9 Å². The monoisotopic (exact) mass is 382 g/mol. The summed E-state index contributed by atoms with van der Waals surface area (Å²) in [4.78, 5) is 0. The molecule has 2 aromatic heterocycles. The highest BCUT2D eigenvalue weighted by atomic mass is 35.5. The first kappa shape index (κ1) is 16.7. The lowest BCUT2D eigenvalue weighted by Gasteiger charge is -2.03. The zero-order valence-electron chi connectivity index (χ0n) is 14.1. The third kappa shape index (κ3) is 3.31. The van der Waals surface area contributed by atoms with Crippen LogP contribution in [0.5, 0.6) is 0 Å². The van der Waals surface area contributed by atoms with Crippen LogP contribution in [0.25, 0.3) is 16.4 Å². The van der Waals surface area contributed by atoms with Crippen molar-refractivity contribution in [1.82, 2.24) is 25.2 Å². The van der Waals surface area contributed by atoms with Crippen LogP contribution in [0, 0.1) is 13.8 Å². The predicted molar refractivity (Wildman–Crippen MR) is 104 cm³/mol. The molecule has 0 radical (unpaired) electrons. The second-order valence-electron chi connectivity index (χ2n) is 5.82. The first-order chi connectivity index (χ1) is 12.6. The molecule has 130 valence electrons. The van der Waals surface area contributed by atoms with Gasteiger partial charge in [-0.05, 0) is 50.2 Å². The van der Waals surface area contributed by atoms with E-state index in [4.69, 9.17) is 11.6 Å². The van der Waals surface area contributed by atoms with E-state index >= 15 is 0 Å². The summed E-state index contributed by atoms with van der Waals surface area (Å²) >= 11 is 7.39. The van der Waals surface area contributed by atoms with E-state index in [1.165, 1.54) is 16.9 Å². The lowest BCUT2D eigenvalue weighted by atomic mass is 10.2. The third-order valence-electron chi connectivity index (χ3n) is 3.90. The summed E-state index contributed by atoms with van der Waals surface area (Å²) < 4.78 is 1.76. The largest absolute Gasteiger partial charge is 0.330 e. The molecule has 2 heterocycles. The molecule has 0 fully saturated rings. The third-order valence-corrected chi connectivity index (χ3v) is 4.99. The van der Waals surface area contributed by atoms with Gasteiger partial charge in [-0.3, -0.25) is 0 Å². The summed E-state index contributed by atoms with van der Waals surface area (Å²) in [6.07, 6.45) is 0. The van der Waals surface area contributed by atoms with Crippen LogP contribution in [0.4, 0.5) is 10.8 Å². The molecule has 0 aliphatic rings. The number of aromatic nitrogens is 5. The Bertz CT molecular complexity index is 1040. The number of nitrogens with one attached hydrogen (secondary N) is 1. The molecule has 0 aliphatic heterocycles. The smallest absolute Gasteiger partial charge is 0.210 e. The number of halogens is 1. The summed E-state index contributed by atoms with van der Waals surface area (Å²) in [6, 6.07) is 15.6. The molecule has 0 amide bonds. The first-order valence-corrected chi connectivity index (χ1v) is 9.15. The maximum atomic E-state index is 5.95. The SMILES string of the molecule is Cc1ccc(Nc2nnc(-c3nnn(-c4ccc(Cl)cc4)c3C)s2)cc1. The number of hydrogen-bond donors (Lipinski definition) is 1. The van der Waals surface area contributed by atoms with Gasteiger partial charge in [-0.15, -0.1) is 15.3 Å². The van der Waals surface area contributed by atoms with Gasteiger partial charge in [-0.1, -0.05) is 45.8 Å². The average molecular weight is 383 g/mol. The molecule has 2 aromatic carbocycles. The Morgan fingerprint density at radius 3 is 2.38 bits per heavy atom. The van der Waals surface area contributed by atoms with Gasteiger partial charge >= 0.3 is 0 Å². The molecule has 1 N–H and O–H groups in total. The second kappa shape index (κ2) is 6.86. The number of rotatable bonds is 4. The van der Waals surface area contributed by atoms with E-state index in [1.54, 1.807) is 4.68 Å². The highest BCUT2D eigenvalue weighted by molar-refractivity contribution is 7.18. The Balaban J connectivity index is 1.60. The number of nitrogens with zero attached hydrogens (tertiary/aromatic N) is 5. The number of hydrogen-bond acceptors (Lipinski definition) is 6. The van der Waals surface area contributed by atoms with E-state index in [1.807, 2.05) is 55.5 Å². The molecule has 0 saturated carbocycles. The van der Waals surface area contributed by atoms with Gasteiger partial charge in [0.15, 0.2) is 5.01 Å². The molecule has 0 atom stereocenters. The van der Waals surface area contributed by atoms with Crippen LogP contribution in [0.3, 0.4) is 0 Å². The van der Waals surface area contributed by atoms with Gasteiger partial charge in [-0.25, -0.2) is 4.68 Å². The Labute approximate surface area is 159 Å². The summed E-state index contributed by atoms with van der Waals surface area (Å²) in [5.41, 5.74) is 4.69. The Kier molecular flexibility index (Phi) is 4.40. The van der Waals surface area contributed by atoms with Gasteiger partial charge in [-0.2, -0.15) is 0 Å². The minimum Gasteiger partial charge on any atom is -0.330 e. The molecule has 0 bridgehead atoms. The van der Waals surface area contributed by atoms with Gasteiger partial charge in [0.05, 0.1) is 11.4 Å². The number of anilines is 2. The molecular weight excluding hydrogens is 368 g/mol. The minimum atomic E-state index is 0.683. The van der Waals surface area contributed by atoms with E-state index < -0.39 is 0 Å². The molecular formula is C18H15ClN6S.